The second-order valence-electron chi connectivity index (χ2n) is 4.94. The Hall–Kier alpha value is -1.48. The summed E-state index contributed by atoms with van der Waals surface area (Å²) in [6.45, 7) is 6.40. The van der Waals surface area contributed by atoms with Gasteiger partial charge in [0.1, 0.15) is 10.5 Å². The summed E-state index contributed by atoms with van der Waals surface area (Å²) in [6.07, 6.45) is 0.798. The van der Waals surface area contributed by atoms with Gasteiger partial charge in [-0.1, -0.05) is 55.9 Å². The molecule has 0 aliphatic rings. The lowest BCUT2D eigenvalue weighted by Gasteiger charge is -2.09. The minimum atomic E-state index is 0.436. The summed E-state index contributed by atoms with van der Waals surface area (Å²) in [5, 5.41) is 0. The highest BCUT2D eigenvalue weighted by Gasteiger charge is 2.04. The number of aryl methyl sites for hydroxylation is 1. The molecule has 3 heteroatoms. The molecule has 0 saturated heterocycles. The molecule has 2 rings (SSSR count). The second-order valence-corrected chi connectivity index (χ2v) is 5.36. The topological polar surface area (TPSA) is 28.7 Å². The standard InChI is InChI=1S/C15H18N2S/c1-10(2)13-9-15(18)17-14(16-13)8-12-6-4-5-11(3)7-12/h4-7,9-10H,8H2,1-3H3,(H,16,17,18). The summed E-state index contributed by atoms with van der Waals surface area (Å²) in [4.78, 5) is 7.78. The largest absolute Gasteiger partial charge is 0.347 e. The van der Waals surface area contributed by atoms with Gasteiger partial charge in [0.25, 0.3) is 0 Å². The molecule has 0 aliphatic carbocycles. The fourth-order valence-electron chi connectivity index (χ4n) is 1.94. The minimum absolute atomic E-state index is 0.436. The Morgan fingerprint density at radius 1 is 1.28 bits per heavy atom. The van der Waals surface area contributed by atoms with E-state index in [9.17, 15) is 0 Å². The molecule has 0 fully saturated rings. The molecule has 0 aliphatic heterocycles. The number of nitrogens with zero attached hydrogens (tertiary/aromatic N) is 1. The third kappa shape index (κ3) is 3.26. The van der Waals surface area contributed by atoms with Crippen LogP contribution in [0.2, 0.25) is 0 Å². The number of aromatic nitrogens is 2. The minimum Gasteiger partial charge on any atom is -0.347 e. The average molecular weight is 258 g/mol. The number of hydrogen-bond acceptors (Lipinski definition) is 2. The fourth-order valence-corrected chi connectivity index (χ4v) is 2.18. The van der Waals surface area contributed by atoms with Crippen molar-refractivity contribution in [1.29, 1.82) is 0 Å². The maximum atomic E-state index is 5.22. The molecule has 18 heavy (non-hydrogen) atoms. The van der Waals surface area contributed by atoms with E-state index in [4.69, 9.17) is 12.2 Å². The van der Waals surface area contributed by atoms with Crippen LogP contribution in [0.25, 0.3) is 0 Å². The molecule has 2 nitrogen and oxygen atoms in total. The molecular formula is C15H18N2S. The van der Waals surface area contributed by atoms with Crippen LogP contribution in [-0.4, -0.2) is 9.97 Å². The van der Waals surface area contributed by atoms with Crippen molar-refractivity contribution in [2.24, 2.45) is 0 Å². The van der Waals surface area contributed by atoms with E-state index >= 15 is 0 Å². The molecular weight excluding hydrogens is 240 g/mol. The monoisotopic (exact) mass is 258 g/mol. The van der Waals surface area contributed by atoms with Gasteiger partial charge in [-0.2, -0.15) is 0 Å². The van der Waals surface area contributed by atoms with Gasteiger partial charge in [0.2, 0.25) is 0 Å². The number of rotatable bonds is 3. The van der Waals surface area contributed by atoms with E-state index in [0.29, 0.717) is 10.6 Å². The van der Waals surface area contributed by atoms with Crippen LogP contribution < -0.4 is 0 Å². The molecule has 1 aromatic carbocycles. The zero-order chi connectivity index (χ0) is 13.1. The van der Waals surface area contributed by atoms with E-state index in [2.05, 4.69) is 55.0 Å². The summed E-state index contributed by atoms with van der Waals surface area (Å²) in [5.41, 5.74) is 3.68. The molecule has 0 saturated carbocycles. The maximum Gasteiger partial charge on any atom is 0.130 e. The van der Waals surface area contributed by atoms with Crippen molar-refractivity contribution >= 4 is 12.2 Å². The number of aromatic amines is 1. The quantitative estimate of drug-likeness (QED) is 0.837. The Balaban J connectivity index is 2.32. The molecule has 0 radical (unpaired) electrons. The normalized spacial score (nSPS) is 10.9. The van der Waals surface area contributed by atoms with Gasteiger partial charge in [-0.15, -0.1) is 0 Å². The number of benzene rings is 1. The van der Waals surface area contributed by atoms with Crippen LogP contribution in [0.1, 0.15) is 42.4 Å². The van der Waals surface area contributed by atoms with Crippen molar-refractivity contribution in [2.75, 3.05) is 0 Å². The lowest BCUT2D eigenvalue weighted by Crippen LogP contribution is -2.02. The SMILES string of the molecule is Cc1cccc(Cc2nc(=S)cc(C(C)C)[nH]2)c1. The molecule has 1 N–H and O–H groups in total. The Bertz CT molecular complexity index is 599. The number of nitrogens with one attached hydrogen (secondary N) is 1. The van der Waals surface area contributed by atoms with Crippen LogP contribution in [0.4, 0.5) is 0 Å². The van der Waals surface area contributed by atoms with Gasteiger partial charge in [0.15, 0.2) is 0 Å². The van der Waals surface area contributed by atoms with Crippen molar-refractivity contribution in [3.8, 4) is 0 Å². The van der Waals surface area contributed by atoms with E-state index in [1.807, 2.05) is 6.07 Å². The van der Waals surface area contributed by atoms with E-state index in [0.717, 1.165) is 17.9 Å². The van der Waals surface area contributed by atoms with E-state index in [1.165, 1.54) is 11.1 Å². The van der Waals surface area contributed by atoms with Crippen LogP contribution in [-0.2, 0) is 6.42 Å². The lowest BCUT2D eigenvalue weighted by atomic mass is 10.1. The Kier molecular flexibility index (Phi) is 3.92. The Labute approximate surface area is 113 Å². The van der Waals surface area contributed by atoms with Gasteiger partial charge in [0.05, 0.1) is 0 Å². The zero-order valence-corrected chi connectivity index (χ0v) is 11.8. The highest BCUT2D eigenvalue weighted by molar-refractivity contribution is 7.71. The first-order valence-corrected chi connectivity index (χ1v) is 6.61. The average Bonchev–Trinajstić information content (AvgIpc) is 2.28. The third-order valence-corrected chi connectivity index (χ3v) is 3.10. The Morgan fingerprint density at radius 2 is 2.06 bits per heavy atom. The second kappa shape index (κ2) is 5.44. The van der Waals surface area contributed by atoms with E-state index in [1.54, 1.807) is 0 Å². The highest BCUT2D eigenvalue weighted by atomic mass is 32.1. The first kappa shape index (κ1) is 13.0. The molecule has 0 unspecified atom stereocenters. The van der Waals surface area contributed by atoms with Gasteiger partial charge in [0, 0.05) is 12.1 Å². The highest BCUT2D eigenvalue weighted by Crippen LogP contribution is 2.13. The third-order valence-electron chi connectivity index (χ3n) is 2.89. The van der Waals surface area contributed by atoms with Crippen molar-refractivity contribution in [1.82, 2.24) is 9.97 Å². The molecule has 0 spiro atoms. The van der Waals surface area contributed by atoms with Gasteiger partial charge in [-0.05, 0) is 24.5 Å². The molecule has 94 valence electrons. The van der Waals surface area contributed by atoms with Crippen LogP contribution in [0.15, 0.2) is 30.3 Å². The van der Waals surface area contributed by atoms with Gasteiger partial charge in [-0.25, -0.2) is 4.98 Å². The summed E-state index contributed by atoms with van der Waals surface area (Å²) in [7, 11) is 0. The first-order valence-electron chi connectivity index (χ1n) is 6.20. The summed E-state index contributed by atoms with van der Waals surface area (Å²) < 4.78 is 0.667. The molecule has 2 aromatic rings. The molecule has 0 bridgehead atoms. The summed E-state index contributed by atoms with van der Waals surface area (Å²) >= 11 is 5.22. The van der Waals surface area contributed by atoms with Crippen LogP contribution in [0, 0.1) is 11.6 Å². The van der Waals surface area contributed by atoms with Crippen LogP contribution in [0.3, 0.4) is 0 Å². The molecule has 1 heterocycles. The molecule has 1 aromatic heterocycles. The van der Waals surface area contributed by atoms with Gasteiger partial charge >= 0.3 is 0 Å². The van der Waals surface area contributed by atoms with E-state index < -0.39 is 0 Å². The molecule has 0 atom stereocenters. The van der Waals surface area contributed by atoms with Crippen molar-refractivity contribution in [3.63, 3.8) is 0 Å². The summed E-state index contributed by atoms with van der Waals surface area (Å²) in [5.74, 6) is 1.38. The van der Waals surface area contributed by atoms with Gasteiger partial charge in [-0.3, -0.25) is 0 Å². The lowest BCUT2D eigenvalue weighted by molar-refractivity contribution is 0.788. The fraction of sp³-hybridized carbons (Fsp3) is 0.333. The van der Waals surface area contributed by atoms with Crippen LogP contribution in [0.5, 0.6) is 0 Å². The maximum absolute atomic E-state index is 5.22. The van der Waals surface area contributed by atoms with Crippen molar-refractivity contribution < 1.29 is 0 Å². The first-order chi connectivity index (χ1) is 8.54. The number of hydrogen-bond donors (Lipinski definition) is 1. The predicted molar refractivity (Wildman–Crippen MR) is 77.5 cm³/mol. The van der Waals surface area contributed by atoms with Crippen LogP contribution >= 0.6 is 12.2 Å². The van der Waals surface area contributed by atoms with Crippen molar-refractivity contribution in [2.45, 2.75) is 33.1 Å². The molecule has 0 amide bonds. The van der Waals surface area contributed by atoms with Gasteiger partial charge < -0.3 is 4.98 Å². The predicted octanol–water partition coefficient (Wildman–Crippen LogP) is 4.16. The Morgan fingerprint density at radius 3 is 2.72 bits per heavy atom. The number of H-pyrrole nitrogens is 1. The summed E-state index contributed by atoms with van der Waals surface area (Å²) in [6, 6.07) is 10.4. The van der Waals surface area contributed by atoms with Crippen molar-refractivity contribution in [3.05, 3.63) is 57.6 Å². The smallest absolute Gasteiger partial charge is 0.130 e. The zero-order valence-electron chi connectivity index (χ0n) is 11.0. The van der Waals surface area contributed by atoms with E-state index in [-0.39, 0.29) is 0 Å².